The number of aliphatic hydroxyl groups is 1. The van der Waals surface area contributed by atoms with Crippen molar-refractivity contribution < 1.29 is 9.84 Å². The molecule has 1 aromatic carbocycles. The van der Waals surface area contributed by atoms with Gasteiger partial charge in [-0.05, 0) is 29.8 Å². The lowest BCUT2D eigenvalue weighted by atomic mass is 10.1. The molecule has 17 heavy (non-hydrogen) atoms. The van der Waals surface area contributed by atoms with Gasteiger partial charge in [0.15, 0.2) is 0 Å². The fraction of sp³-hybridized carbons (Fsp3) is 0.154. The van der Waals surface area contributed by atoms with Crippen molar-refractivity contribution in [3.05, 3.63) is 47.1 Å². The van der Waals surface area contributed by atoms with Crippen molar-refractivity contribution in [3.63, 3.8) is 0 Å². The normalized spacial score (nSPS) is 10.3. The predicted molar refractivity (Wildman–Crippen MR) is 67.2 cm³/mol. The minimum absolute atomic E-state index is 0.0255. The Bertz CT molecular complexity index is 529. The molecule has 2 rings (SSSR count). The van der Waals surface area contributed by atoms with E-state index >= 15 is 0 Å². The summed E-state index contributed by atoms with van der Waals surface area (Å²) >= 11 is 6.16. The van der Waals surface area contributed by atoms with Gasteiger partial charge in [0.2, 0.25) is 0 Å². The highest BCUT2D eigenvalue weighted by Crippen LogP contribution is 2.35. The largest absolute Gasteiger partial charge is 0.496 e. The van der Waals surface area contributed by atoms with E-state index in [1.165, 1.54) is 0 Å². The Kier molecular flexibility index (Phi) is 3.61. The molecule has 0 bridgehead atoms. The maximum Gasteiger partial charge on any atom is 0.129 e. The van der Waals surface area contributed by atoms with Crippen LogP contribution < -0.4 is 4.74 Å². The summed E-state index contributed by atoms with van der Waals surface area (Å²) in [4.78, 5) is 4.25. The van der Waals surface area contributed by atoms with Crippen LogP contribution in [0.1, 0.15) is 5.56 Å². The smallest absolute Gasteiger partial charge is 0.129 e. The predicted octanol–water partition coefficient (Wildman–Crippen LogP) is 2.90. The number of aromatic nitrogens is 1. The van der Waals surface area contributed by atoms with E-state index in [1.54, 1.807) is 31.5 Å². The highest BCUT2D eigenvalue weighted by molar-refractivity contribution is 6.33. The molecular formula is C13H12ClNO2. The lowest BCUT2D eigenvalue weighted by Crippen LogP contribution is -1.92. The summed E-state index contributed by atoms with van der Waals surface area (Å²) in [5, 5.41) is 9.69. The Labute approximate surface area is 105 Å². The molecule has 0 aliphatic carbocycles. The Balaban J connectivity index is 2.58. The van der Waals surface area contributed by atoms with Crippen molar-refractivity contribution in [1.82, 2.24) is 4.98 Å². The van der Waals surface area contributed by atoms with E-state index in [-0.39, 0.29) is 6.61 Å². The standard InChI is InChI=1S/C13H12ClNO2/c1-17-12-4-2-3-10(14)13(12)11-7-9(8-16)5-6-15-11/h2-7,16H,8H2,1H3. The van der Waals surface area contributed by atoms with Gasteiger partial charge >= 0.3 is 0 Å². The second-order valence-electron chi connectivity index (χ2n) is 3.52. The zero-order valence-electron chi connectivity index (χ0n) is 9.35. The number of hydrogen-bond donors (Lipinski definition) is 1. The van der Waals surface area contributed by atoms with Crippen LogP contribution in [0.25, 0.3) is 11.3 Å². The fourth-order valence-electron chi connectivity index (χ4n) is 1.63. The molecule has 88 valence electrons. The molecule has 3 nitrogen and oxygen atoms in total. The Morgan fingerprint density at radius 3 is 2.88 bits per heavy atom. The molecule has 1 aromatic heterocycles. The SMILES string of the molecule is COc1cccc(Cl)c1-c1cc(CO)ccn1. The van der Waals surface area contributed by atoms with Crippen molar-refractivity contribution in [2.75, 3.05) is 7.11 Å². The van der Waals surface area contributed by atoms with Crippen molar-refractivity contribution >= 4 is 11.6 Å². The summed E-state index contributed by atoms with van der Waals surface area (Å²) in [7, 11) is 1.59. The van der Waals surface area contributed by atoms with Crippen molar-refractivity contribution in [2.24, 2.45) is 0 Å². The average molecular weight is 250 g/mol. The number of aliphatic hydroxyl groups excluding tert-OH is 1. The first kappa shape index (κ1) is 11.9. The Morgan fingerprint density at radius 1 is 1.35 bits per heavy atom. The molecule has 0 radical (unpaired) electrons. The molecule has 0 unspecified atom stereocenters. The van der Waals surface area contributed by atoms with Crippen molar-refractivity contribution in [3.8, 4) is 17.0 Å². The van der Waals surface area contributed by atoms with Crippen molar-refractivity contribution in [2.45, 2.75) is 6.61 Å². The zero-order chi connectivity index (χ0) is 12.3. The summed E-state index contributed by atoms with van der Waals surface area (Å²) in [5.41, 5.74) is 2.22. The van der Waals surface area contributed by atoms with Gasteiger partial charge < -0.3 is 9.84 Å². The van der Waals surface area contributed by atoms with Gasteiger partial charge in [-0.15, -0.1) is 0 Å². The maximum atomic E-state index is 9.11. The third kappa shape index (κ3) is 2.40. The molecule has 4 heteroatoms. The fourth-order valence-corrected chi connectivity index (χ4v) is 1.90. The number of methoxy groups -OCH3 is 1. The Hall–Kier alpha value is -1.58. The number of ether oxygens (including phenoxy) is 1. The van der Waals surface area contributed by atoms with E-state index in [0.29, 0.717) is 16.5 Å². The first-order valence-corrected chi connectivity index (χ1v) is 5.52. The highest BCUT2D eigenvalue weighted by Gasteiger charge is 2.11. The van der Waals surface area contributed by atoms with Gasteiger partial charge in [0, 0.05) is 6.20 Å². The molecule has 1 heterocycles. The van der Waals surface area contributed by atoms with Gasteiger partial charge in [0.05, 0.1) is 30.0 Å². The average Bonchev–Trinajstić information content (AvgIpc) is 2.38. The second kappa shape index (κ2) is 5.17. The molecule has 2 aromatic rings. The zero-order valence-corrected chi connectivity index (χ0v) is 10.1. The van der Waals surface area contributed by atoms with E-state index < -0.39 is 0 Å². The minimum atomic E-state index is -0.0255. The molecule has 0 fully saturated rings. The van der Waals surface area contributed by atoms with Gasteiger partial charge in [0.1, 0.15) is 5.75 Å². The van der Waals surface area contributed by atoms with E-state index in [9.17, 15) is 0 Å². The van der Waals surface area contributed by atoms with Crippen LogP contribution in [0.4, 0.5) is 0 Å². The second-order valence-corrected chi connectivity index (χ2v) is 3.93. The summed E-state index contributed by atoms with van der Waals surface area (Å²) in [6.07, 6.45) is 1.64. The van der Waals surface area contributed by atoms with E-state index in [0.717, 1.165) is 11.1 Å². The van der Waals surface area contributed by atoms with Crippen LogP contribution in [0.2, 0.25) is 5.02 Å². The minimum Gasteiger partial charge on any atom is -0.496 e. The van der Waals surface area contributed by atoms with Gasteiger partial charge in [-0.25, -0.2) is 0 Å². The van der Waals surface area contributed by atoms with Crippen LogP contribution in [0.3, 0.4) is 0 Å². The Morgan fingerprint density at radius 2 is 2.18 bits per heavy atom. The summed E-state index contributed by atoms with van der Waals surface area (Å²) in [6, 6.07) is 8.98. The topological polar surface area (TPSA) is 42.4 Å². The molecule has 0 spiro atoms. The first-order chi connectivity index (χ1) is 8.26. The highest BCUT2D eigenvalue weighted by atomic mass is 35.5. The third-order valence-corrected chi connectivity index (χ3v) is 2.77. The van der Waals surface area contributed by atoms with Gasteiger partial charge in [-0.1, -0.05) is 17.7 Å². The van der Waals surface area contributed by atoms with Gasteiger partial charge in [-0.3, -0.25) is 4.98 Å². The summed E-state index contributed by atoms with van der Waals surface area (Å²) in [5.74, 6) is 0.667. The van der Waals surface area contributed by atoms with Crippen LogP contribution in [0, 0.1) is 0 Å². The van der Waals surface area contributed by atoms with E-state index in [1.807, 2.05) is 12.1 Å². The molecule has 0 saturated carbocycles. The number of hydrogen-bond acceptors (Lipinski definition) is 3. The van der Waals surface area contributed by atoms with Gasteiger partial charge in [0.25, 0.3) is 0 Å². The van der Waals surface area contributed by atoms with Crippen LogP contribution in [-0.4, -0.2) is 17.2 Å². The summed E-state index contributed by atoms with van der Waals surface area (Å²) in [6.45, 7) is -0.0255. The quantitative estimate of drug-likeness (QED) is 0.910. The van der Waals surface area contributed by atoms with Crippen LogP contribution in [-0.2, 0) is 6.61 Å². The third-order valence-electron chi connectivity index (χ3n) is 2.46. The van der Waals surface area contributed by atoms with Gasteiger partial charge in [-0.2, -0.15) is 0 Å². The number of nitrogens with zero attached hydrogens (tertiary/aromatic N) is 1. The van der Waals surface area contributed by atoms with E-state index in [4.69, 9.17) is 21.4 Å². The van der Waals surface area contributed by atoms with Crippen LogP contribution >= 0.6 is 11.6 Å². The molecule has 0 amide bonds. The number of halogens is 1. The number of pyridine rings is 1. The lowest BCUT2D eigenvalue weighted by molar-refractivity contribution is 0.282. The van der Waals surface area contributed by atoms with E-state index in [2.05, 4.69) is 4.98 Å². The van der Waals surface area contributed by atoms with Crippen LogP contribution in [0.5, 0.6) is 5.75 Å². The molecule has 0 saturated heterocycles. The molecule has 0 aliphatic heterocycles. The monoisotopic (exact) mass is 249 g/mol. The van der Waals surface area contributed by atoms with Crippen LogP contribution in [0.15, 0.2) is 36.5 Å². The molecule has 0 atom stereocenters. The number of benzene rings is 1. The number of rotatable bonds is 3. The summed E-state index contributed by atoms with van der Waals surface area (Å²) < 4.78 is 5.27. The molecule has 0 aliphatic rings. The first-order valence-electron chi connectivity index (χ1n) is 5.15. The maximum absolute atomic E-state index is 9.11. The van der Waals surface area contributed by atoms with Crippen molar-refractivity contribution in [1.29, 1.82) is 0 Å². The lowest BCUT2D eigenvalue weighted by Gasteiger charge is -2.10. The molecular weight excluding hydrogens is 238 g/mol. The molecule has 1 N–H and O–H groups in total.